The lowest BCUT2D eigenvalue weighted by atomic mass is 9.94. The summed E-state index contributed by atoms with van der Waals surface area (Å²) in [6, 6.07) is 21.0. The van der Waals surface area contributed by atoms with Crippen LogP contribution < -0.4 is 5.73 Å². The zero-order chi connectivity index (χ0) is 17.7. The standard InChI is InChI=1S/C23H19N3/c1-14-6-7-15-11-22(25-20(15)10-14)18-4-2-3-5-19(18)23-12-16-8-9-17(24)13-21(16)26-23/h2-10,13H,11-12,24H2,1H3. The molecule has 0 aliphatic carbocycles. The molecular weight excluding hydrogens is 318 g/mol. The van der Waals surface area contributed by atoms with Gasteiger partial charge in [-0.2, -0.15) is 0 Å². The molecule has 0 aromatic heterocycles. The maximum Gasteiger partial charge on any atom is 0.0689 e. The second-order valence-corrected chi connectivity index (χ2v) is 7.04. The first kappa shape index (κ1) is 15.1. The van der Waals surface area contributed by atoms with Gasteiger partial charge in [-0.05, 0) is 41.8 Å². The summed E-state index contributed by atoms with van der Waals surface area (Å²) in [6.07, 6.45) is 1.71. The number of aliphatic imine (C=N–C) groups is 2. The predicted molar refractivity (Wildman–Crippen MR) is 108 cm³/mol. The van der Waals surface area contributed by atoms with Crippen LogP contribution in [0.2, 0.25) is 0 Å². The molecule has 26 heavy (non-hydrogen) atoms. The van der Waals surface area contributed by atoms with Crippen LogP contribution in [0.4, 0.5) is 17.1 Å². The highest BCUT2D eigenvalue weighted by Crippen LogP contribution is 2.34. The van der Waals surface area contributed by atoms with Crippen molar-refractivity contribution in [2.45, 2.75) is 19.8 Å². The van der Waals surface area contributed by atoms with E-state index >= 15 is 0 Å². The normalized spacial score (nSPS) is 14.7. The lowest BCUT2D eigenvalue weighted by Gasteiger charge is -2.09. The Morgan fingerprint density at radius 2 is 1.31 bits per heavy atom. The molecule has 126 valence electrons. The number of fused-ring (bicyclic) bond motifs is 2. The fourth-order valence-corrected chi connectivity index (χ4v) is 3.79. The van der Waals surface area contributed by atoms with E-state index < -0.39 is 0 Å². The molecule has 0 atom stereocenters. The summed E-state index contributed by atoms with van der Waals surface area (Å²) in [6.45, 7) is 2.11. The van der Waals surface area contributed by atoms with E-state index in [2.05, 4.69) is 55.5 Å². The fourth-order valence-electron chi connectivity index (χ4n) is 3.79. The fraction of sp³-hybridized carbons (Fsp3) is 0.130. The molecule has 0 amide bonds. The molecule has 2 N–H and O–H groups in total. The average Bonchev–Trinajstić information content (AvgIpc) is 3.24. The maximum atomic E-state index is 5.92. The Labute approximate surface area is 152 Å². The Kier molecular flexibility index (Phi) is 3.29. The molecule has 5 rings (SSSR count). The molecule has 2 aliphatic heterocycles. The van der Waals surface area contributed by atoms with E-state index in [0.29, 0.717) is 0 Å². The number of hydrogen-bond donors (Lipinski definition) is 1. The largest absolute Gasteiger partial charge is 0.399 e. The van der Waals surface area contributed by atoms with Gasteiger partial charge in [0.25, 0.3) is 0 Å². The van der Waals surface area contributed by atoms with E-state index in [1.54, 1.807) is 0 Å². The molecule has 0 bridgehead atoms. The van der Waals surface area contributed by atoms with Crippen LogP contribution in [0.5, 0.6) is 0 Å². The van der Waals surface area contributed by atoms with Crippen LogP contribution in [0.1, 0.15) is 27.8 Å². The molecule has 2 heterocycles. The minimum Gasteiger partial charge on any atom is -0.399 e. The van der Waals surface area contributed by atoms with Gasteiger partial charge in [-0.3, -0.25) is 9.98 Å². The van der Waals surface area contributed by atoms with Crippen LogP contribution >= 0.6 is 0 Å². The number of rotatable bonds is 2. The number of nitrogens with zero attached hydrogens (tertiary/aromatic N) is 2. The van der Waals surface area contributed by atoms with Gasteiger partial charge in [0.05, 0.1) is 22.8 Å². The number of nitrogen functional groups attached to an aromatic ring is 1. The molecule has 3 aromatic carbocycles. The summed E-state index contributed by atoms with van der Waals surface area (Å²) < 4.78 is 0. The Bertz CT molecular complexity index is 1020. The molecule has 3 aromatic rings. The zero-order valence-electron chi connectivity index (χ0n) is 14.7. The van der Waals surface area contributed by atoms with Crippen molar-refractivity contribution in [3.8, 4) is 0 Å². The lowest BCUT2D eigenvalue weighted by Crippen LogP contribution is -2.10. The Hall–Kier alpha value is -3.20. The topological polar surface area (TPSA) is 50.7 Å². The number of nitrogens with two attached hydrogens (primary N) is 1. The average molecular weight is 337 g/mol. The first-order valence-electron chi connectivity index (χ1n) is 8.90. The van der Waals surface area contributed by atoms with Crippen LogP contribution in [0.15, 0.2) is 70.6 Å². The molecule has 0 unspecified atom stereocenters. The van der Waals surface area contributed by atoms with Gasteiger partial charge >= 0.3 is 0 Å². The van der Waals surface area contributed by atoms with Crippen molar-refractivity contribution in [2.75, 3.05) is 5.73 Å². The third-order valence-corrected chi connectivity index (χ3v) is 5.13. The summed E-state index contributed by atoms with van der Waals surface area (Å²) in [4.78, 5) is 9.78. The lowest BCUT2D eigenvalue weighted by molar-refractivity contribution is 1.35. The number of aryl methyl sites for hydroxylation is 1. The van der Waals surface area contributed by atoms with Gasteiger partial charge in [-0.1, -0.05) is 42.5 Å². The van der Waals surface area contributed by atoms with Crippen molar-refractivity contribution in [3.63, 3.8) is 0 Å². The SMILES string of the molecule is Cc1ccc2c(c1)N=C(c1ccccc1C1=Nc3cc(N)ccc3C1)C2. The van der Waals surface area contributed by atoms with E-state index in [1.165, 1.54) is 27.8 Å². The van der Waals surface area contributed by atoms with Crippen LogP contribution in [0, 0.1) is 6.92 Å². The summed E-state index contributed by atoms with van der Waals surface area (Å²) in [5, 5.41) is 0. The highest BCUT2D eigenvalue weighted by Gasteiger charge is 2.23. The molecular formula is C23H19N3. The smallest absolute Gasteiger partial charge is 0.0689 e. The number of benzene rings is 3. The molecule has 0 fully saturated rings. The molecule has 0 saturated carbocycles. The van der Waals surface area contributed by atoms with Crippen molar-refractivity contribution >= 4 is 28.5 Å². The van der Waals surface area contributed by atoms with Crippen LogP contribution in [-0.4, -0.2) is 11.4 Å². The minimum atomic E-state index is 0.757. The molecule has 3 nitrogen and oxygen atoms in total. The first-order chi connectivity index (χ1) is 12.7. The molecule has 0 spiro atoms. The van der Waals surface area contributed by atoms with E-state index in [9.17, 15) is 0 Å². The van der Waals surface area contributed by atoms with Gasteiger partial charge < -0.3 is 5.73 Å². The van der Waals surface area contributed by atoms with Crippen LogP contribution in [0.3, 0.4) is 0 Å². The second kappa shape index (κ2) is 5.67. The second-order valence-electron chi connectivity index (χ2n) is 7.04. The first-order valence-corrected chi connectivity index (χ1v) is 8.90. The van der Waals surface area contributed by atoms with Gasteiger partial charge in [0, 0.05) is 29.7 Å². The van der Waals surface area contributed by atoms with E-state index in [1.807, 2.05) is 12.1 Å². The summed E-state index contributed by atoms with van der Waals surface area (Å²) in [5.41, 5.74) is 17.1. The molecule has 3 heteroatoms. The zero-order valence-corrected chi connectivity index (χ0v) is 14.7. The van der Waals surface area contributed by atoms with Crippen molar-refractivity contribution in [1.29, 1.82) is 0 Å². The Morgan fingerprint density at radius 1 is 0.731 bits per heavy atom. The van der Waals surface area contributed by atoms with E-state index in [4.69, 9.17) is 15.7 Å². The summed E-state index contributed by atoms with van der Waals surface area (Å²) in [5.74, 6) is 0. The monoisotopic (exact) mass is 337 g/mol. The summed E-state index contributed by atoms with van der Waals surface area (Å²) in [7, 11) is 0. The predicted octanol–water partition coefficient (Wildman–Crippen LogP) is 4.93. The quantitative estimate of drug-likeness (QED) is 0.662. The third-order valence-electron chi connectivity index (χ3n) is 5.13. The summed E-state index contributed by atoms with van der Waals surface area (Å²) >= 11 is 0. The van der Waals surface area contributed by atoms with Crippen molar-refractivity contribution in [2.24, 2.45) is 9.98 Å². The van der Waals surface area contributed by atoms with E-state index in [-0.39, 0.29) is 0 Å². The Morgan fingerprint density at radius 3 is 1.96 bits per heavy atom. The van der Waals surface area contributed by atoms with E-state index in [0.717, 1.165) is 41.3 Å². The van der Waals surface area contributed by atoms with Crippen molar-refractivity contribution in [1.82, 2.24) is 0 Å². The van der Waals surface area contributed by atoms with Crippen molar-refractivity contribution < 1.29 is 0 Å². The van der Waals surface area contributed by atoms with Gasteiger partial charge in [0.1, 0.15) is 0 Å². The molecule has 0 radical (unpaired) electrons. The Balaban J connectivity index is 1.56. The molecule has 2 aliphatic rings. The minimum absolute atomic E-state index is 0.757. The van der Waals surface area contributed by atoms with Crippen molar-refractivity contribution in [3.05, 3.63) is 88.5 Å². The van der Waals surface area contributed by atoms with Gasteiger partial charge in [0.15, 0.2) is 0 Å². The van der Waals surface area contributed by atoms with Crippen LogP contribution in [-0.2, 0) is 12.8 Å². The third kappa shape index (κ3) is 2.44. The van der Waals surface area contributed by atoms with Gasteiger partial charge in [0.2, 0.25) is 0 Å². The number of hydrogen-bond acceptors (Lipinski definition) is 3. The van der Waals surface area contributed by atoms with Crippen LogP contribution in [0.25, 0.3) is 0 Å². The van der Waals surface area contributed by atoms with Gasteiger partial charge in [-0.15, -0.1) is 0 Å². The highest BCUT2D eigenvalue weighted by atomic mass is 14.8. The highest BCUT2D eigenvalue weighted by molar-refractivity contribution is 6.17. The number of anilines is 1. The molecule has 0 saturated heterocycles. The maximum absolute atomic E-state index is 5.92. The van der Waals surface area contributed by atoms with Gasteiger partial charge in [-0.25, -0.2) is 0 Å².